The van der Waals surface area contributed by atoms with Crippen molar-refractivity contribution in [1.82, 2.24) is 0 Å². The van der Waals surface area contributed by atoms with Crippen LogP contribution in [0.25, 0.3) is 50.4 Å². The Morgan fingerprint density at radius 2 is 1.27 bits per heavy atom. The molecule has 1 aliphatic carbocycles. The van der Waals surface area contributed by atoms with Crippen molar-refractivity contribution >= 4 is 96.2 Å². The van der Waals surface area contributed by atoms with E-state index in [2.05, 4.69) is 53.5 Å². The number of rotatable bonds is 0. The minimum Gasteiger partial charge on any atom is -0.143 e. The molecule has 8 rings (SSSR count). The van der Waals surface area contributed by atoms with Gasteiger partial charge in [-0.15, -0.1) is 45.8 Å². The molecule has 0 N–H and O–H groups in total. The lowest BCUT2D eigenvalue weighted by molar-refractivity contribution is 0.969. The van der Waals surface area contributed by atoms with Crippen molar-refractivity contribution < 1.29 is 0 Å². The van der Waals surface area contributed by atoms with E-state index in [0.717, 1.165) is 0 Å². The molecular formula is C22H10S4. The van der Waals surface area contributed by atoms with E-state index in [0.29, 0.717) is 5.92 Å². The van der Waals surface area contributed by atoms with Gasteiger partial charge in [0, 0.05) is 67.0 Å². The Hall–Kier alpha value is -1.59. The van der Waals surface area contributed by atoms with E-state index < -0.39 is 0 Å². The molecule has 4 heteroatoms. The molecule has 0 spiro atoms. The van der Waals surface area contributed by atoms with Crippen LogP contribution in [0.1, 0.15) is 17.0 Å². The third-order valence-corrected chi connectivity index (χ3v) is 10.5. The molecule has 0 saturated heterocycles. The van der Waals surface area contributed by atoms with Crippen molar-refractivity contribution in [3.05, 3.63) is 52.9 Å². The van der Waals surface area contributed by atoms with E-state index in [-0.39, 0.29) is 0 Å². The highest BCUT2D eigenvalue weighted by atomic mass is 32.2. The summed E-state index contributed by atoms with van der Waals surface area (Å²) in [5.74, 6) is 1.72. The van der Waals surface area contributed by atoms with E-state index in [1.807, 2.05) is 34.0 Å². The maximum Gasteiger partial charge on any atom is 0.0362 e. The maximum absolute atomic E-state index is 2.45. The van der Waals surface area contributed by atoms with E-state index in [1.54, 1.807) is 21.9 Å². The van der Waals surface area contributed by atoms with E-state index in [4.69, 9.17) is 0 Å². The first kappa shape index (κ1) is 13.6. The largest absolute Gasteiger partial charge is 0.143 e. The van der Waals surface area contributed by atoms with Crippen LogP contribution in [0.4, 0.5) is 0 Å². The van der Waals surface area contributed by atoms with Gasteiger partial charge in [-0.1, -0.05) is 0 Å². The van der Waals surface area contributed by atoms with Gasteiger partial charge >= 0.3 is 0 Å². The summed E-state index contributed by atoms with van der Waals surface area (Å²) in [5.41, 5.74) is 3.18. The lowest BCUT2D eigenvalue weighted by atomic mass is 9.86. The molecule has 26 heavy (non-hydrogen) atoms. The Bertz CT molecular complexity index is 1590. The van der Waals surface area contributed by atoms with Crippen molar-refractivity contribution in [3.8, 4) is 0 Å². The van der Waals surface area contributed by atoms with Gasteiger partial charge in [-0.25, -0.2) is 0 Å². The van der Waals surface area contributed by atoms with Crippen LogP contribution in [-0.4, -0.2) is 5.75 Å². The van der Waals surface area contributed by atoms with Gasteiger partial charge in [-0.2, -0.15) is 0 Å². The predicted molar refractivity (Wildman–Crippen MR) is 120 cm³/mol. The third kappa shape index (κ3) is 1.34. The van der Waals surface area contributed by atoms with E-state index in [9.17, 15) is 0 Å². The van der Waals surface area contributed by atoms with Crippen LogP contribution >= 0.6 is 45.8 Å². The summed E-state index contributed by atoms with van der Waals surface area (Å²) in [5, 5.41) is 10.1. The van der Waals surface area contributed by atoms with Crippen LogP contribution < -0.4 is 0 Å². The number of hydrogen-bond acceptors (Lipinski definition) is 4. The highest BCUT2D eigenvalue weighted by Gasteiger charge is 2.33. The fraction of sp³-hybridized carbons (Fsp3) is 0.0909. The van der Waals surface area contributed by atoms with Gasteiger partial charge < -0.3 is 0 Å². The van der Waals surface area contributed by atoms with Crippen LogP contribution in [0, 0.1) is 0 Å². The molecule has 2 aliphatic rings. The Morgan fingerprint density at radius 3 is 2.08 bits per heavy atom. The summed E-state index contributed by atoms with van der Waals surface area (Å²) in [6.07, 6.45) is 0. The Morgan fingerprint density at radius 1 is 0.654 bits per heavy atom. The number of thiophene rings is 3. The van der Waals surface area contributed by atoms with Crippen molar-refractivity contribution in [2.75, 3.05) is 5.75 Å². The number of benzene rings is 3. The fourth-order valence-electron chi connectivity index (χ4n) is 5.09. The topological polar surface area (TPSA) is 0 Å². The average Bonchev–Trinajstić information content (AvgIpc) is 3.38. The highest BCUT2D eigenvalue weighted by molar-refractivity contribution is 7.99. The van der Waals surface area contributed by atoms with Crippen LogP contribution in [0.5, 0.6) is 0 Å². The molecule has 0 amide bonds. The van der Waals surface area contributed by atoms with Crippen LogP contribution in [0.2, 0.25) is 0 Å². The molecule has 3 aromatic carbocycles. The summed E-state index contributed by atoms with van der Waals surface area (Å²) >= 11 is 7.92. The normalized spacial score (nSPS) is 18.1. The zero-order valence-electron chi connectivity index (χ0n) is 13.5. The van der Waals surface area contributed by atoms with E-state index in [1.165, 1.54) is 50.3 Å². The van der Waals surface area contributed by atoms with Crippen molar-refractivity contribution in [1.29, 1.82) is 0 Å². The minimum absolute atomic E-state index is 0.541. The Labute approximate surface area is 165 Å². The maximum atomic E-state index is 2.45. The molecule has 1 aliphatic heterocycles. The Balaban J connectivity index is 1.88. The van der Waals surface area contributed by atoms with E-state index >= 15 is 0 Å². The zero-order valence-corrected chi connectivity index (χ0v) is 16.7. The third-order valence-electron chi connectivity index (χ3n) is 6.10. The van der Waals surface area contributed by atoms with Gasteiger partial charge in [-0.3, -0.25) is 0 Å². The molecule has 0 nitrogen and oxygen atoms in total. The monoisotopic (exact) mass is 402 g/mol. The van der Waals surface area contributed by atoms with Crippen molar-refractivity contribution in [2.45, 2.75) is 10.8 Å². The molecule has 3 aromatic heterocycles. The number of hydrogen-bond donors (Lipinski definition) is 0. The standard InChI is InChI=1S/C22H10S4/c1-3-13-19-17-9(7-23-11(1)17)10-8-24-12-2-4-14-20(18(10)12)22-16(26-14)6-5-15(25-13)21(19)22/h1-7,10H,8H2. The summed E-state index contributed by atoms with van der Waals surface area (Å²) in [6, 6.07) is 14.1. The predicted octanol–water partition coefficient (Wildman–Crippen LogP) is 8.19. The van der Waals surface area contributed by atoms with Gasteiger partial charge in [0.25, 0.3) is 0 Å². The summed E-state index contributed by atoms with van der Waals surface area (Å²) in [7, 11) is 0. The molecule has 1 atom stereocenters. The minimum atomic E-state index is 0.541. The molecule has 0 saturated carbocycles. The number of thioether (sulfide) groups is 1. The average molecular weight is 403 g/mol. The second-order valence-electron chi connectivity index (χ2n) is 7.23. The van der Waals surface area contributed by atoms with Crippen LogP contribution in [0.3, 0.4) is 0 Å². The van der Waals surface area contributed by atoms with Gasteiger partial charge in [0.1, 0.15) is 0 Å². The molecular weight excluding hydrogens is 393 g/mol. The van der Waals surface area contributed by atoms with Crippen LogP contribution in [0.15, 0.2) is 46.7 Å². The molecule has 122 valence electrons. The number of fused-ring (bicyclic) bond motifs is 1. The Kier molecular flexibility index (Phi) is 2.23. The molecule has 4 heterocycles. The zero-order chi connectivity index (χ0) is 16.6. The first-order valence-corrected chi connectivity index (χ1v) is 12.3. The highest BCUT2D eigenvalue weighted by Crippen LogP contribution is 2.57. The van der Waals surface area contributed by atoms with Gasteiger partial charge in [0.05, 0.1) is 0 Å². The van der Waals surface area contributed by atoms with Crippen molar-refractivity contribution in [2.24, 2.45) is 0 Å². The van der Waals surface area contributed by atoms with Gasteiger partial charge in [-0.05, 0) is 52.9 Å². The quantitative estimate of drug-likeness (QED) is 0.247. The smallest absolute Gasteiger partial charge is 0.0362 e. The molecule has 1 unspecified atom stereocenters. The lowest BCUT2D eigenvalue weighted by Gasteiger charge is -2.15. The summed E-state index contributed by atoms with van der Waals surface area (Å²) in [4.78, 5) is 1.50. The first-order chi connectivity index (χ1) is 12.9. The lowest BCUT2D eigenvalue weighted by Crippen LogP contribution is -2.00. The van der Waals surface area contributed by atoms with Gasteiger partial charge in [0.15, 0.2) is 0 Å². The van der Waals surface area contributed by atoms with Crippen LogP contribution in [-0.2, 0) is 0 Å². The fourth-order valence-corrected chi connectivity index (χ4v) is 9.62. The SMILES string of the molecule is c1cc2sc3ccc4sc5ccc6scc7c6c5c4c3c2c2c1SCC72. The second-order valence-corrected chi connectivity index (χ2v) is 11.4. The van der Waals surface area contributed by atoms with Crippen molar-refractivity contribution in [3.63, 3.8) is 0 Å². The molecule has 0 bridgehead atoms. The molecule has 0 radical (unpaired) electrons. The summed E-state index contributed by atoms with van der Waals surface area (Å²) in [6.45, 7) is 0. The molecule has 0 fully saturated rings. The van der Waals surface area contributed by atoms with Gasteiger partial charge in [0.2, 0.25) is 0 Å². The summed E-state index contributed by atoms with van der Waals surface area (Å²) < 4.78 is 7.26. The molecule has 6 aromatic rings. The second kappa shape index (κ2) is 4.28. The first-order valence-electron chi connectivity index (χ1n) is 8.76.